The van der Waals surface area contributed by atoms with Gasteiger partial charge in [0.1, 0.15) is 0 Å². The predicted molar refractivity (Wildman–Crippen MR) is 69.6 cm³/mol. The standard InChI is InChI=1S/C11H17N3O3S/c1-7(2)14(5-10(16)17)4-9-6-18-11(13-9)12-8(3)15/h6-7H,4-5H2,1-3H3,(H,16,17)(H,12,13,15). The SMILES string of the molecule is CC(=O)Nc1nc(CN(CC(=O)O)C(C)C)cs1. The number of nitrogens with zero attached hydrogens (tertiary/aromatic N) is 2. The van der Waals surface area contributed by atoms with E-state index >= 15 is 0 Å². The summed E-state index contributed by atoms with van der Waals surface area (Å²) in [7, 11) is 0. The lowest BCUT2D eigenvalue weighted by molar-refractivity contribution is -0.139. The highest BCUT2D eigenvalue weighted by Crippen LogP contribution is 2.17. The molecule has 0 fully saturated rings. The summed E-state index contributed by atoms with van der Waals surface area (Å²) in [6.45, 7) is 5.73. The Morgan fingerprint density at radius 2 is 2.22 bits per heavy atom. The predicted octanol–water partition coefficient (Wildman–Crippen LogP) is 1.40. The van der Waals surface area contributed by atoms with E-state index in [2.05, 4.69) is 10.3 Å². The van der Waals surface area contributed by atoms with Gasteiger partial charge in [0.2, 0.25) is 5.91 Å². The number of aliphatic carboxylic acids is 1. The summed E-state index contributed by atoms with van der Waals surface area (Å²) in [5.74, 6) is -1.02. The monoisotopic (exact) mass is 271 g/mol. The third-order valence-electron chi connectivity index (χ3n) is 2.27. The van der Waals surface area contributed by atoms with Gasteiger partial charge in [0, 0.05) is 24.9 Å². The summed E-state index contributed by atoms with van der Waals surface area (Å²) >= 11 is 1.33. The number of anilines is 1. The van der Waals surface area contributed by atoms with Gasteiger partial charge in [-0.2, -0.15) is 0 Å². The highest BCUT2D eigenvalue weighted by Gasteiger charge is 2.15. The summed E-state index contributed by atoms with van der Waals surface area (Å²) in [4.78, 5) is 27.6. The van der Waals surface area contributed by atoms with Crippen LogP contribution in [0.4, 0.5) is 5.13 Å². The van der Waals surface area contributed by atoms with Gasteiger partial charge in [-0.25, -0.2) is 4.98 Å². The van der Waals surface area contributed by atoms with E-state index in [0.29, 0.717) is 11.7 Å². The summed E-state index contributed by atoms with van der Waals surface area (Å²) in [5, 5.41) is 13.8. The summed E-state index contributed by atoms with van der Waals surface area (Å²) < 4.78 is 0. The minimum absolute atomic E-state index is 0.0232. The number of thiazole rings is 1. The summed E-state index contributed by atoms with van der Waals surface area (Å²) in [5.41, 5.74) is 0.763. The molecule has 0 saturated carbocycles. The first-order valence-electron chi connectivity index (χ1n) is 5.56. The molecule has 0 aromatic carbocycles. The quantitative estimate of drug-likeness (QED) is 0.817. The van der Waals surface area contributed by atoms with Gasteiger partial charge >= 0.3 is 5.97 Å². The first-order chi connectivity index (χ1) is 8.38. The number of carboxylic acid groups (broad SMARTS) is 1. The van der Waals surface area contributed by atoms with Crippen LogP contribution < -0.4 is 5.32 Å². The van der Waals surface area contributed by atoms with E-state index in [1.165, 1.54) is 18.3 Å². The fourth-order valence-corrected chi connectivity index (χ4v) is 2.14. The van der Waals surface area contributed by atoms with Crippen molar-refractivity contribution >= 4 is 28.3 Å². The number of nitrogens with one attached hydrogen (secondary N) is 1. The van der Waals surface area contributed by atoms with Gasteiger partial charge in [-0.05, 0) is 13.8 Å². The number of rotatable bonds is 6. The first kappa shape index (κ1) is 14.6. The van der Waals surface area contributed by atoms with Crippen molar-refractivity contribution in [3.63, 3.8) is 0 Å². The maximum absolute atomic E-state index is 10.9. The molecular formula is C11H17N3O3S. The van der Waals surface area contributed by atoms with Gasteiger partial charge in [0.15, 0.2) is 5.13 Å². The Bertz CT molecular complexity index is 431. The molecule has 6 nitrogen and oxygen atoms in total. The normalized spacial score (nSPS) is 10.9. The molecule has 0 aliphatic carbocycles. The van der Waals surface area contributed by atoms with Gasteiger partial charge in [-0.15, -0.1) is 11.3 Å². The molecule has 100 valence electrons. The van der Waals surface area contributed by atoms with Crippen LogP contribution in [0.15, 0.2) is 5.38 Å². The van der Waals surface area contributed by atoms with Gasteiger partial charge in [0.25, 0.3) is 0 Å². The number of amides is 1. The van der Waals surface area contributed by atoms with Crippen molar-refractivity contribution in [3.8, 4) is 0 Å². The zero-order valence-corrected chi connectivity index (χ0v) is 11.5. The van der Waals surface area contributed by atoms with Crippen molar-refractivity contribution < 1.29 is 14.7 Å². The molecule has 0 aliphatic rings. The highest BCUT2D eigenvalue weighted by atomic mass is 32.1. The Morgan fingerprint density at radius 1 is 1.56 bits per heavy atom. The van der Waals surface area contributed by atoms with Crippen molar-refractivity contribution in [2.24, 2.45) is 0 Å². The second-order valence-corrected chi connectivity index (χ2v) is 5.08. The smallest absolute Gasteiger partial charge is 0.317 e. The van der Waals surface area contributed by atoms with E-state index in [1.807, 2.05) is 19.2 Å². The van der Waals surface area contributed by atoms with Crippen LogP contribution in [0.5, 0.6) is 0 Å². The average molecular weight is 271 g/mol. The molecule has 18 heavy (non-hydrogen) atoms. The van der Waals surface area contributed by atoms with Crippen molar-refractivity contribution in [3.05, 3.63) is 11.1 Å². The number of carboxylic acids is 1. The molecule has 1 aromatic heterocycles. The molecule has 7 heteroatoms. The molecule has 0 bridgehead atoms. The van der Waals surface area contributed by atoms with Crippen molar-refractivity contribution in [2.75, 3.05) is 11.9 Å². The number of carbonyl (C=O) groups is 2. The summed E-state index contributed by atoms with van der Waals surface area (Å²) in [6, 6.07) is 0.118. The Balaban J connectivity index is 2.66. The first-order valence-corrected chi connectivity index (χ1v) is 6.44. The lowest BCUT2D eigenvalue weighted by Gasteiger charge is -2.23. The number of hydrogen-bond acceptors (Lipinski definition) is 5. The van der Waals surface area contributed by atoms with E-state index in [1.54, 1.807) is 4.90 Å². The van der Waals surface area contributed by atoms with E-state index < -0.39 is 5.97 Å². The summed E-state index contributed by atoms with van der Waals surface area (Å²) in [6.07, 6.45) is 0. The van der Waals surface area contributed by atoms with Crippen LogP contribution in [0.1, 0.15) is 26.5 Å². The van der Waals surface area contributed by atoms with Crippen molar-refractivity contribution in [2.45, 2.75) is 33.4 Å². The highest BCUT2D eigenvalue weighted by molar-refractivity contribution is 7.13. The van der Waals surface area contributed by atoms with Crippen LogP contribution in [0, 0.1) is 0 Å². The molecule has 0 saturated heterocycles. The largest absolute Gasteiger partial charge is 0.480 e. The molecule has 1 heterocycles. The van der Waals surface area contributed by atoms with Crippen molar-refractivity contribution in [1.29, 1.82) is 0 Å². The Kier molecular flexibility index (Phi) is 5.24. The van der Waals surface area contributed by atoms with Gasteiger partial charge in [-0.3, -0.25) is 14.5 Å². The second-order valence-electron chi connectivity index (χ2n) is 4.22. The maximum Gasteiger partial charge on any atom is 0.317 e. The lowest BCUT2D eigenvalue weighted by Crippen LogP contribution is -2.35. The van der Waals surface area contributed by atoms with Crippen LogP contribution in [0.3, 0.4) is 0 Å². The molecular weight excluding hydrogens is 254 g/mol. The molecule has 0 unspecified atom stereocenters. The van der Waals surface area contributed by atoms with Gasteiger partial charge in [-0.1, -0.05) is 0 Å². The maximum atomic E-state index is 10.9. The molecule has 0 atom stereocenters. The minimum atomic E-state index is -0.860. The Labute approximate surface area is 110 Å². The minimum Gasteiger partial charge on any atom is -0.480 e. The Morgan fingerprint density at radius 3 is 2.72 bits per heavy atom. The van der Waals surface area contributed by atoms with Crippen LogP contribution >= 0.6 is 11.3 Å². The van der Waals surface area contributed by atoms with E-state index in [-0.39, 0.29) is 18.5 Å². The van der Waals surface area contributed by atoms with Crippen LogP contribution in [-0.2, 0) is 16.1 Å². The number of aromatic nitrogens is 1. The van der Waals surface area contributed by atoms with Crippen LogP contribution in [0.2, 0.25) is 0 Å². The number of hydrogen-bond donors (Lipinski definition) is 2. The fraction of sp³-hybridized carbons (Fsp3) is 0.545. The number of carbonyl (C=O) groups excluding carboxylic acids is 1. The lowest BCUT2D eigenvalue weighted by atomic mass is 10.3. The van der Waals surface area contributed by atoms with E-state index in [0.717, 1.165) is 5.69 Å². The molecule has 1 aromatic rings. The average Bonchev–Trinajstić information content (AvgIpc) is 2.62. The zero-order chi connectivity index (χ0) is 13.7. The van der Waals surface area contributed by atoms with Gasteiger partial charge in [0.05, 0.1) is 12.2 Å². The molecule has 2 N–H and O–H groups in total. The van der Waals surface area contributed by atoms with Gasteiger partial charge < -0.3 is 10.4 Å². The van der Waals surface area contributed by atoms with E-state index in [4.69, 9.17) is 5.11 Å². The van der Waals surface area contributed by atoms with Crippen molar-refractivity contribution in [1.82, 2.24) is 9.88 Å². The molecule has 0 aliphatic heterocycles. The third-order valence-corrected chi connectivity index (χ3v) is 3.07. The Hall–Kier alpha value is -1.47. The second kappa shape index (κ2) is 6.46. The molecule has 0 radical (unpaired) electrons. The van der Waals surface area contributed by atoms with E-state index in [9.17, 15) is 9.59 Å². The topological polar surface area (TPSA) is 82.5 Å². The van der Waals surface area contributed by atoms with Crippen LogP contribution in [-0.4, -0.2) is 39.5 Å². The molecule has 1 rings (SSSR count). The third kappa shape index (κ3) is 4.80. The van der Waals surface area contributed by atoms with Crippen LogP contribution in [0.25, 0.3) is 0 Å². The zero-order valence-electron chi connectivity index (χ0n) is 10.6. The molecule has 1 amide bonds. The molecule has 0 spiro atoms. The fourth-order valence-electron chi connectivity index (χ4n) is 1.39.